The molecule has 3 atom stereocenters. The molecule has 128 valence electrons. The first-order valence-corrected chi connectivity index (χ1v) is 9.02. The van der Waals surface area contributed by atoms with Gasteiger partial charge in [-0.15, -0.1) is 0 Å². The highest BCUT2D eigenvalue weighted by Crippen LogP contribution is 2.53. The van der Waals surface area contributed by atoms with Crippen molar-refractivity contribution < 1.29 is 0 Å². The molecule has 0 N–H and O–H groups in total. The minimum atomic E-state index is -0.443. The molecule has 0 amide bonds. The van der Waals surface area contributed by atoms with Crippen LogP contribution in [0.15, 0.2) is 18.5 Å². The Morgan fingerprint density at radius 1 is 1.38 bits per heavy atom. The van der Waals surface area contributed by atoms with Gasteiger partial charge < -0.3 is 0 Å². The number of fused-ring (bicyclic) bond motifs is 1. The number of hydrogen-bond acceptors (Lipinski definition) is 3. The smallest absolute Gasteiger partial charge is 0.136 e. The summed E-state index contributed by atoms with van der Waals surface area (Å²) in [5.74, 6) is 0.992. The zero-order valence-electron chi connectivity index (χ0n) is 15.5. The van der Waals surface area contributed by atoms with Crippen molar-refractivity contribution in [3.63, 3.8) is 0 Å². The van der Waals surface area contributed by atoms with E-state index in [9.17, 15) is 5.26 Å². The summed E-state index contributed by atoms with van der Waals surface area (Å²) >= 11 is 0. The summed E-state index contributed by atoms with van der Waals surface area (Å²) in [5, 5.41) is 14.8. The van der Waals surface area contributed by atoms with Crippen molar-refractivity contribution in [1.29, 1.82) is 5.26 Å². The third-order valence-electron chi connectivity index (χ3n) is 5.66. The predicted octanol–water partition coefficient (Wildman–Crippen LogP) is 4.67. The van der Waals surface area contributed by atoms with Crippen LogP contribution in [0.4, 0.5) is 0 Å². The maximum Gasteiger partial charge on any atom is 0.136 e. The molecule has 2 aromatic heterocycles. The summed E-state index contributed by atoms with van der Waals surface area (Å²) < 4.78 is 1.96. The van der Waals surface area contributed by atoms with E-state index in [2.05, 4.69) is 56.0 Å². The summed E-state index contributed by atoms with van der Waals surface area (Å²) in [6.45, 7) is 11.1. The van der Waals surface area contributed by atoms with Crippen LogP contribution in [0.3, 0.4) is 0 Å². The Kier molecular flexibility index (Phi) is 4.15. The van der Waals surface area contributed by atoms with Gasteiger partial charge in [0.25, 0.3) is 0 Å². The summed E-state index contributed by atoms with van der Waals surface area (Å²) in [6, 6.07) is 6.92. The molecule has 24 heavy (non-hydrogen) atoms. The summed E-state index contributed by atoms with van der Waals surface area (Å²) in [7, 11) is 0. The first-order valence-electron chi connectivity index (χ1n) is 9.02. The lowest BCUT2D eigenvalue weighted by atomic mass is 9.70. The van der Waals surface area contributed by atoms with Crippen LogP contribution >= 0.6 is 0 Å². The summed E-state index contributed by atoms with van der Waals surface area (Å²) in [5.41, 5.74) is 2.79. The van der Waals surface area contributed by atoms with Gasteiger partial charge in [-0.2, -0.15) is 10.4 Å². The molecule has 0 radical (unpaired) electrons. The van der Waals surface area contributed by atoms with E-state index in [0.717, 1.165) is 42.6 Å². The molecule has 1 aliphatic carbocycles. The first-order chi connectivity index (χ1) is 11.3. The zero-order chi connectivity index (χ0) is 17.5. The van der Waals surface area contributed by atoms with E-state index in [4.69, 9.17) is 0 Å². The lowest BCUT2D eigenvalue weighted by molar-refractivity contribution is 0.245. The van der Waals surface area contributed by atoms with Gasteiger partial charge in [0.2, 0.25) is 0 Å². The Labute approximate surface area is 144 Å². The molecule has 4 heteroatoms. The Morgan fingerprint density at radius 2 is 2.12 bits per heavy atom. The third kappa shape index (κ3) is 2.70. The highest BCUT2D eigenvalue weighted by Gasteiger charge is 2.51. The molecule has 0 bridgehead atoms. The molecule has 0 spiro atoms. The zero-order valence-corrected chi connectivity index (χ0v) is 15.5. The van der Waals surface area contributed by atoms with Gasteiger partial charge >= 0.3 is 0 Å². The fraction of sp³-hybridized carbons (Fsp3) is 0.650. The van der Waals surface area contributed by atoms with E-state index >= 15 is 0 Å². The highest BCUT2D eigenvalue weighted by atomic mass is 15.2. The number of nitrogens with zero attached hydrogens (tertiary/aromatic N) is 4. The minimum absolute atomic E-state index is 0.216. The second-order valence-electron chi connectivity index (χ2n) is 8.62. The average Bonchev–Trinajstić information content (AvgIpc) is 3.08. The Bertz CT molecular complexity index is 777. The van der Waals surface area contributed by atoms with Gasteiger partial charge in [-0.05, 0) is 55.6 Å². The topological polar surface area (TPSA) is 54.0 Å². The van der Waals surface area contributed by atoms with Gasteiger partial charge in [0.05, 0.1) is 23.0 Å². The molecule has 0 aromatic carbocycles. The van der Waals surface area contributed by atoms with Crippen molar-refractivity contribution in [3.8, 4) is 6.07 Å². The fourth-order valence-electron chi connectivity index (χ4n) is 4.52. The molecule has 1 fully saturated rings. The largest absolute Gasteiger partial charge is 0.238 e. The van der Waals surface area contributed by atoms with Crippen molar-refractivity contribution >= 4 is 5.52 Å². The van der Waals surface area contributed by atoms with Crippen LogP contribution in [0.2, 0.25) is 0 Å². The van der Waals surface area contributed by atoms with Crippen molar-refractivity contribution in [2.45, 2.75) is 65.7 Å². The quantitative estimate of drug-likeness (QED) is 0.824. The van der Waals surface area contributed by atoms with E-state index in [-0.39, 0.29) is 5.41 Å². The van der Waals surface area contributed by atoms with Crippen LogP contribution in [0.25, 0.3) is 5.52 Å². The van der Waals surface area contributed by atoms with Gasteiger partial charge in [-0.25, -0.2) is 9.50 Å². The van der Waals surface area contributed by atoms with Crippen molar-refractivity contribution in [2.75, 3.05) is 0 Å². The maximum absolute atomic E-state index is 10.3. The molecular formula is C20H28N4. The number of aryl methyl sites for hydroxylation is 1. The van der Waals surface area contributed by atoms with Gasteiger partial charge in [0.15, 0.2) is 0 Å². The standard InChI is InChI=1S/C20H28N4/c1-6-15-9-16(11-19(3,4)5)20(10-15,12-21)18-8-7-17-14(2)22-13-23-24(17)18/h7-8,13,15-16H,6,9-11H2,1-5H3/t15?,16-,20?/m0/s1. The van der Waals surface area contributed by atoms with Crippen LogP contribution in [0.5, 0.6) is 0 Å². The maximum atomic E-state index is 10.3. The Balaban J connectivity index is 2.14. The van der Waals surface area contributed by atoms with Crippen LogP contribution < -0.4 is 0 Å². The van der Waals surface area contributed by atoms with E-state index in [1.165, 1.54) is 0 Å². The van der Waals surface area contributed by atoms with E-state index < -0.39 is 5.41 Å². The molecule has 2 unspecified atom stereocenters. The van der Waals surface area contributed by atoms with Crippen molar-refractivity contribution in [1.82, 2.24) is 14.6 Å². The SMILES string of the molecule is CCC1C[C@@H](CC(C)(C)C)C(C#N)(c2ccc3c(C)ncnn23)C1. The highest BCUT2D eigenvalue weighted by molar-refractivity contribution is 5.54. The van der Waals surface area contributed by atoms with Crippen LogP contribution in [-0.2, 0) is 5.41 Å². The molecule has 1 aliphatic rings. The first kappa shape index (κ1) is 17.0. The number of rotatable bonds is 3. The monoisotopic (exact) mass is 324 g/mol. The lowest BCUT2D eigenvalue weighted by Crippen LogP contribution is -2.33. The predicted molar refractivity (Wildman–Crippen MR) is 95.6 cm³/mol. The van der Waals surface area contributed by atoms with Crippen molar-refractivity contribution in [2.24, 2.45) is 17.3 Å². The molecule has 1 saturated carbocycles. The molecule has 0 saturated heterocycles. The molecular weight excluding hydrogens is 296 g/mol. The van der Waals surface area contributed by atoms with Gasteiger partial charge in [0, 0.05) is 0 Å². The van der Waals surface area contributed by atoms with E-state index in [1.807, 2.05) is 11.4 Å². The molecule has 4 nitrogen and oxygen atoms in total. The van der Waals surface area contributed by atoms with Crippen molar-refractivity contribution in [3.05, 3.63) is 29.8 Å². The Hall–Kier alpha value is -1.89. The molecule has 2 aromatic rings. The second-order valence-corrected chi connectivity index (χ2v) is 8.62. The fourth-order valence-corrected chi connectivity index (χ4v) is 4.52. The summed E-state index contributed by atoms with van der Waals surface area (Å²) in [4.78, 5) is 4.29. The Morgan fingerprint density at radius 3 is 2.75 bits per heavy atom. The number of hydrogen-bond donors (Lipinski definition) is 0. The van der Waals surface area contributed by atoms with Gasteiger partial charge in [-0.1, -0.05) is 34.1 Å². The minimum Gasteiger partial charge on any atom is -0.238 e. The number of nitriles is 1. The molecule has 2 heterocycles. The average molecular weight is 324 g/mol. The second kappa shape index (κ2) is 5.88. The van der Waals surface area contributed by atoms with Gasteiger partial charge in [0.1, 0.15) is 11.7 Å². The summed E-state index contributed by atoms with van der Waals surface area (Å²) in [6.07, 6.45) is 5.88. The molecule has 0 aliphatic heterocycles. The van der Waals surface area contributed by atoms with E-state index in [1.54, 1.807) is 6.33 Å². The number of aromatic nitrogens is 3. The normalized spacial score (nSPS) is 27.5. The third-order valence-corrected chi connectivity index (χ3v) is 5.66. The lowest BCUT2D eigenvalue weighted by Gasteiger charge is -2.33. The molecule has 3 rings (SSSR count). The van der Waals surface area contributed by atoms with Crippen LogP contribution in [0, 0.1) is 35.5 Å². The van der Waals surface area contributed by atoms with Gasteiger partial charge in [-0.3, -0.25) is 0 Å². The van der Waals surface area contributed by atoms with Crippen LogP contribution in [-0.4, -0.2) is 14.6 Å². The van der Waals surface area contributed by atoms with Crippen LogP contribution in [0.1, 0.15) is 64.8 Å². The van der Waals surface area contributed by atoms with E-state index in [0.29, 0.717) is 11.8 Å².